The number of anilines is 3. The van der Waals surface area contributed by atoms with Gasteiger partial charge in [0.25, 0.3) is 0 Å². The Morgan fingerprint density at radius 3 is 2.69 bits per heavy atom. The van der Waals surface area contributed by atoms with Crippen molar-refractivity contribution in [1.29, 1.82) is 0 Å². The minimum Gasteiger partial charge on any atom is -0.467 e. The van der Waals surface area contributed by atoms with Crippen LogP contribution >= 0.6 is 23.2 Å². The molecule has 0 radical (unpaired) electrons. The lowest BCUT2D eigenvalue weighted by Crippen LogP contribution is -2.05. The number of halogens is 2. The number of benzene rings is 2. The number of nitrogens with zero attached hydrogens (tertiary/aromatic N) is 2. The topological polar surface area (TPSA) is 63.0 Å². The summed E-state index contributed by atoms with van der Waals surface area (Å²) < 4.78 is 5.37. The monoisotopic (exact) mass is 384 g/mol. The van der Waals surface area contributed by atoms with Crippen LogP contribution in [0.25, 0.3) is 10.9 Å². The van der Waals surface area contributed by atoms with E-state index in [0.29, 0.717) is 34.0 Å². The molecule has 2 aromatic carbocycles. The largest absolute Gasteiger partial charge is 0.467 e. The standard InChI is InChI=1S/C19H14Cl2N4O/c20-12-7-8-15(21)17(10-12)24-19-23-16-6-2-1-5-14(16)18(25-19)22-11-13-4-3-9-26-13/h1-10H,11H2,(H2,22,23,24,25). The van der Waals surface area contributed by atoms with Gasteiger partial charge in [0, 0.05) is 10.4 Å². The van der Waals surface area contributed by atoms with Crippen molar-refractivity contribution in [3.05, 3.63) is 76.7 Å². The average molecular weight is 385 g/mol. The SMILES string of the molecule is Clc1ccc(Cl)c(Nc2nc(NCc3ccco3)c3ccccc3n2)c1. The van der Waals surface area contributed by atoms with E-state index in [-0.39, 0.29) is 0 Å². The molecule has 0 amide bonds. The van der Waals surface area contributed by atoms with E-state index in [2.05, 4.69) is 20.6 Å². The van der Waals surface area contributed by atoms with Crippen molar-refractivity contribution < 1.29 is 4.42 Å². The molecule has 0 unspecified atom stereocenters. The Kier molecular flexibility index (Phi) is 4.65. The molecule has 0 aliphatic carbocycles. The minimum atomic E-state index is 0.426. The molecule has 26 heavy (non-hydrogen) atoms. The van der Waals surface area contributed by atoms with Crippen LogP contribution in [0.15, 0.2) is 65.3 Å². The molecular weight excluding hydrogens is 371 g/mol. The number of furan rings is 1. The first-order valence-electron chi connectivity index (χ1n) is 7.94. The molecule has 7 heteroatoms. The fraction of sp³-hybridized carbons (Fsp3) is 0.0526. The van der Waals surface area contributed by atoms with Crippen molar-refractivity contribution in [2.24, 2.45) is 0 Å². The third-order valence-electron chi connectivity index (χ3n) is 3.79. The highest BCUT2D eigenvalue weighted by Crippen LogP contribution is 2.29. The highest BCUT2D eigenvalue weighted by molar-refractivity contribution is 6.35. The third-order valence-corrected chi connectivity index (χ3v) is 4.35. The summed E-state index contributed by atoms with van der Waals surface area (Å²) in [7, 11) is 0. The van der Waals surface area contributed by atoms with E-state index < -0.39 is 0 Å². The zero-order chi connectivity index (χ0) is 17.9. The highest BCUT2D eigenvalue weighted by Gasteiger charge is 2.10. The van der Waals surface area contributed by atoms with Gasteiger partial charge in [-0.05, 0) is 42.5 Å². The number of para-hydroxylation sites is 1. The molecule has 2 N–H and O–H groups in total. The fourth-order valence-electron chi connectivity index (χ4n) is 2.56. The maximum Gasteiger partial charge on any atom is 0.229 e. The Morgan fingerprint density at radius 1 is 0.962 bits per heavy atom. The van der Waals surface area contributed by atoms with Gasteiger partial charge in [0.1, 0.15) is 11.6 Å². The van der Waals surface area contributed by atoms with E-state index in [1.165, 1.54) is 0 Å². The molecule has 130 valence electrons. The minimum absolute atomic E-state index is 0.426. The predicted molar refractivity (Wildman–Crippen MR) is 105 cm³/mol. The van der Waals surface area contributed by atoms with Gasteiger partial charge < -0.3 is 15.1 Å². The molecule has 0 saturated carbocycles. The van der Waals surface area contributed by atoms with Crippen LogP contribution in [0.2, 0.25) is 10.0 Å². The number of hydrogen-bond donors (Lipinski definition) is 2. The van der Waals surface area contributed by atoms with Crippen molar-refractivity contribution in [2.75, 3.05) is 10.6 Å². The molecule has 0 bridgehead atoms. The van der Waals surface area contributed by atoms with Gasteiger partial charge in [-0.15, -0.1) is 0 Å². The van der Waals surface area contributed by atoms with Gasteiger partial charge in [-0.1, -0.05) is 35.3 Å². The maximum atomic E-state index is 6.23. The Labute approximate surface area is 160 Å². The van der Waals surface area contributed by atoms with E-state index in [0.717, 1.165) is 16.7 Å². The van der Waals surface area contributed by atoms with Gasteiger partial charge in [-0.25, -0.2) is 4.98 Å². The Balaban J connectivity index is 1.69. The Morgan fingerprint density at radius 2 is 1.85 bits per heavy atom. The normalized spacial score (nSPS) is 10.8. The van der Waals surface area contributed by atoms with Crippen LogP contribution in [0.1, 0.15) is 5.76 Å². The number of hydrogen-bond acceptors (Lipinski definition) is 5. The van der Waals surface area contributed by atoms with Crippen LogP contribution < -0.4 is 10.6 Å². The van der Waals surface area contributed by atoms with Crippen molar-refractivity contribution in [2.45, 2.75) is 6.54 Å². The smallest absolute Gasteiger partial charge is 0.229 e. The second kappa shape index (κ2) is 7.23. The van der Waals surface area contributed by atoms with Gasteiger partial charge in [0.15, 0.2) is 0 Å². The molecule has 0 spiro atoms. The van der Waals surface area contributed by atoms with Gasteiger partial charge in [0.2, 0.25) is 5.95 Å². The molecule has 0 atom stereocenters. The molecular formula is C19H14Cl2N4O. The van der Waals surface area contributed by atoms with E-state index in [1.54, 1.807) is 24.5 Å². The quantitative estimate of drug-likeness (QED) is 0.449. The second-order valence-corrected chi connectivity index (χ2v) is 6.44. The van der Waals surface area contributed by atoms with Gasteiger partial charge in [-0.2, -0.15) is 4.98 Å². The average Bonchev–Trinajstić information content (AvgIpc) is 3.16. The summed E-state index contributed by atoms with van der Waals surface area (Å²) >= 11 is 12.3. The van der Waals surface area contributed by atoms with Gasteiger partial charge in [0.05, 0.1) is 29.0 Å². The fourth-order valence-corrected chi connectivity index (χ4v) is 2.90. The summed E-state index contributed by atoms with van der Waals surface area (Å²) in [5.74, 6) is 1.95. The molecule has 0 aliphatic rings. The first-order valence-corrected chi connectivity index (χ1v) is 8.70. The number of rotatable bonds is 5. The molecule has 0 saturated heterocycles. The van der Waals surface area contributed by atoms with Crippen molar-refractivity contribution >= 4 is 51.6 Å². The molecule has 4 rings (SSSR count). The summed E-state index contributed by atoms with van der Waals surface area (Å²) in [6, 6.07) is 16.7. The first kappa shape index (κ1) is 16.7. The number of aromatic nitrogens is 2. The summed E-state index contributed by atoms with van der Waals surface area (Å²) in [4.78, 5) is 9.15. The van der Waals surface area contributed by atoms with Gasteiger partial charge in [-0.3, -0.25) is 0 Å². The van der Waals surface area contributed by atoms with Crippen molar-refractivity contribution in [3.8, 4) is 0 Å². The lowest BCUT2D eigenvalue weighted by Gasteiger charge is -2.12. The maximum absolute atomic E-state index is 6.23. The predicted octanol–water partition coefficient (Wildman–Crippen LogP) is 5.89. The summed E-state index contributed by atoms with van der Waals surface area (Å²) in [6.45, 7) is 0.519. The molecule has 2 heterocycles. The summed E-state index contributed by atoms with van der Waals surface area (Å²) in [5.41, 5.74) is 1.46. The second-order valence-electron chi connectivity index (χ2n) is 5.60. The van der Waals surface area contributed by atoms with Crippen LogP contribution in [-0.2, 0) is 6.54 Å². The molecule has 0 aliphatic heterocycles. The van der Waals surface area contributed by atoms with E-state index in [1.807, 2.05) is 36.4 Å². The van der Waals surface area contributed by atoms with Crippen LogP contribution in [0.3, 0.4) is 0 Å². The van der Waals surface area contributed by atoms with E-state index in [4.69, 9.17) is 27.6 Å². The van der Waals surface area contributed by atoms with Crippen molar-refractivity contribution in [3.63, 3.8) is 0 Å². The summed E-state index contributed by atoms with van der Waals surface area (Å²) in [5, 5.41) is 8.47. The van der Waals surface area contributed by atoms with Crippen LogP contribution in [0, 0.1) is 0 Å². The highest BCUT2D eigenvalue weighted by atomic mass is 35.5. The van der Waals surface area contributed by atoms with Crippen molar-refractivity contribution in [1.82, 2.24) is 9.97 Å². The zero-order valence-corrected chi connectivity index (χ0v) is 15.1. The number of fused-ring (bicyclic) bond motifs is 1. The zero-order valence-electron chi connectivity index (χ0n) is 13.5. The number of nitrogens with one attached hydrogen (secondary N) is 2. The van der Waals surface area contributed by atoms with E-state index >= 15 is 0 Å². The van der Waals surface area contributed by atoms with Crippen LogP contribution in [0.4, 0.5) is 17.5 Å². The molecule has 4 aromatic rings. The van der Waals surface area contributed by atoms with Crippen LogP contribution in [-0.4, -0.2) is 9.97 Å². The van der Waals surface area contributed by atoms with E-state index in [9.17, 15) is 0 Å². The molecule has 2 aromatic heterocycles. The lowest BCUT2D eigenvalue weighted by atomic mass is 10.2. The summed E-state index contributed by atoms with van der Waals surface area (Å²) in [6.07, 6.45) is 1.64. The molecule has 5 nitrogen and oxygen atoms in total. The lowest BCUT2D eigenvalue weighted by molar-refractivity contribution is 0.518. The first-order chi connectivity index (χ1) is 12.7. The third kappa shape index (κ3) is 3.59. The van der Waals surface area contributed by atoms with Gasteiger partial charge >= 0.3 is 0 Å². The molecule has 0 fully saturated rings. The Bertz CT molecular complexity index is 1050. The Hall–Kier alpha value is -2.76. The van der Waals surface area contributed by atoms with Crippen LogP contribution in [0.5, 0.6) is 0 Å².